The van der Waals surface area contributed by atoms with Crippen LogP contribution >= 0.6 is 11.6 Å². The van der Waals surface area contributed by atoms with E-state index >= 15 is 0 Å². The Hall–Kier alpha value is -1.88. The number of nitro benzene ring substituents is 1. The maximum Gasteiger partial charge on any atom is 0.269 e. The Labute approximate surface area is 128 Å². The monoisotopic (exact) mass is 307 g/mol. The fraction of sp³-hybridized carbons (Fsp3) is 0.400. The zero-order valence-electron chi connectivity index (χ0n) is 12.3. The molecule has 2 rings (SSSR count). The average molecular weight is 308 g/mol. The van der Waals surface area contributed by atoms with E-state index in [2.05, 4.69) is 5.10 Å². The van der Waals surface area contributed by atoms with Crippen molar-refractivity contribution in [3.63, 3.8) is 0 Å². The van der Waals surface area contributed by atoms with Gasteiger partial charge in [0.15, 0.2) is 0 Å². The van der Waals surface area contributed by atoms with Crippen LogP contribution in [0.2, 0.25) is 0 Å². The standard InChI is InChI=1S/C15H18ClN3O2/c1-4-14(16)15-10(2)17-18(11(15)3)9-12-5-7-13(8-6-12)19(20)21/h5-8,14H,4,9H2,1-3H3. The highest BCUT2D eigenvalue weighted by Crippen LogP contribution is 2.29. The smallest absolute Gasteiger partial charge is 0.265 e. The maximum absolute atomic E-state index is 10.7. The van der Waals surface area contributed by atoms with E-state index < -0.39 is 4.92 Å². The van der Waals surface area contributed by atoms with Crippen molar-refractivity contribution < 1.29 is 4.92 Å². The number of hydrogen-bond acceptors (Lipinski definition) is 3. The molecular weight excluding hydrogens is 290 g/mol. The number of aromatic nitrogens is 2. The van der Waals surface area contributed by atoms with E-state index in [1.807, 2.05) is 25.5 Å². The first kappa shape index (κ1) is 15.5. The van der Waals surface area contributed by atoms with Gasteiger partial charge in [-0.25, -0.2) is 0 Å². The van der Waals surface area contributed by atoms with Crippen LogP contribution in [0.1, 0.15) is 41.2 Å². The van der Waals surface area contributed by atoms with Crippen LogP contribution in [0.25, 0.3) is 0 Å². The van der Waals surface area contributed by atoms with Gasteiger partial charge in [0.1, 0.15) is 0 Å². The normalized spacial score (nSPS) is 12.4. The van der Waals surface area contributed by atoms with Gasteiger partial charge in [0.2, 0.25) is 0 Å². The maximum atomic E-state index is 10.7. The van der Waals surface area contributed by atoms with Gasteiger partial charge in [0, 0.05) is 23.4 Å². The number of halogens is 1. The molecule has 1 aromatic heterocycles. The minimum atomic E-state index is -0.398. The van der Waals surface area contributed by atoms with Crippen LogP contribution in [0.3, 0.4) is 0 Å². The number of aryl methyl sites for hydroxylation is 1. The molecule has 0 aliphatic rings. The van der Waals surface area contributed by atoms with Crippen molar-refractivity contribution in [2.45, 2.75) is 39.1 Å². The number of nitrogens with zero attached hydrogens (tertiary/aromatic N) is 3. The van der Waals surface area contributed by atoms with Gasteiger partial charge in [-0.2, -0.15) is 5.10 Å². The molecule has 0 aliphatic heterocycles. The van der Waals surface area contributed by atoms with E-state index in [0.29, 0.717) is 6.54 Å². The first-order valence-corrected chi connectivity index (χ1v) is 7.29. The molecule has 0 saturated carbocycles. The van der Waals surface area contributed by atoms with E-state index in [1.54, 1.807) is 12.1 Å². The number of benzene rings is 1. The third kappa shape index (κ3) is 3.24. The fourth-order valence-electron chi connectivity index (χ4n) is 2.42. The molecule has 21 heavy (non-hydrogen) atoms. The lowest BCUT2D eigenvalue weighted by atomic mass is 10.1. The minimum Gasteiger partial charge on any atom is -0.265 e. The molecule has 0 bridgehead atoms. The molecule has 6 heteroatoms. The summed E-state index contributed by atoms with van der Waals surface area (Å²) in [5, 5.41) is 15.2. The summed E-state index contributed by atoms with van der Waals surface area (Å²) in [7, 11) is 0. The molecule has 0 radical (unpaired) electrons. The third-order valence-corrected chi connectivity index (χ3v) is 4.12. The molecule has 2 aromatic rings. The Bertz CT molecular complexity index is 650. The molecule has 0 saturated heterocycles. The van der Waals surface area contributed by atoms with Gasteiger partial charge in [-0.1, -0.05) is 19.1 Å². The van der Waals surface area contributed by atoms with Gasteiger partial charge in [-0.15, -0.1) is 11.6 Å². The molecule has 0 amide bonds. The van der Waals surface area contributed by atoms with Crippen molar-refractivity contribution in [1.29, 1.82) is 0 Å². The Morgan fingerprint density at radius 1 is 1.33 bits per heavy atom. The predicted octanol–water partition coefficient (Wildman–Crippen LogP) is 4.15. The van der Waals surface area contributed by atoms with Crippen LogP contribution in [0.15, 0.2) is 24.3 Å². The van der Waals surface area contributed by atoms with Crippen LogP contribution in [0, 0.1) is 24.0 Å². The second kappa shape index (κ2) is 6.26. The first-order chi connectivity index (χ1) is 9.93. The molecule has 0 aliphatic carbocycles. The molecular formula is C15H18ClN3O2. The quantitative estimate of drug-likeness (QED) is 0.473. The van der Waals surface area contributed by atoms with Gasteiger partial charge in [0.05, 0.1) is 22.5 Å². The van der Waals surface area contributed by atoms with E-state index in [4.69, 9.17) is 11.6 Å². The Balaban J connectivity index is 2.26. The van der Waals surface area contributed by atoms with Crippen molar-refractivity contribution >= 4 is 17.3 Å². The van der Waals surface area contributed by atoms with E-state index in [0.717, 1.165) is 28.9 Å². The molecule has 0 fully saturated rings. The van der Waals surface area contributed by atoms with Crippen molar-refractivity contribution in [3.8, 4) is 0 Å². The highest BCUT2D eigenvalue weighted by Gasteiger charge is 2.18. The van der Waals surface area contributed by atoms with Crippen LogP contribution < -0.4 is 0 Å². The van der Waals surface area contributed by atoms with Crippen LogP contribution in [-0.4, -0.2) is 14.7 Å². The van der Waals surface area contributed by atoms with Gasteiger partial charge in [-0.3, -0.25) is 14.8 Å². The molecule has 0 N–H and O–H groups in total. The number of non-ortho nitro benzene ring substituents is 1. The van der Waals surface area contributed by atoms with Crippen molar-refractivity contribution in [2.24, 2.45) is 0 Å². The summed E-state index contributed by atoms with van der Waals surface area (Å²) in [6, 6.07) is 6.54. The van der Waals surface area contributed by atoms with Gasteiger partial charge in [-0.05, 0) is 25.8 Å². The van der Waals surface area contributed by atoms with E-state index in [9.17, 15) is 10.1 Å². The molecule has 1 heterocycles. The topological polar surface area (TPSA) is 61.0 Å². The lowest BCUT2D eigenvalue weighted by Gasteiger charge is -2.08. The van der Waals surface area contributed by atoms with Gasteiger partial charge in [0.25, 0.3) is 5.69 Å². The van der Waals surface area contributed by atoms with Crippen molar-refractivity contribution in [3.05, 3.63) is 56.9 Å². The largest absolute Gasteiger partial charge is 0.269 e. The highest BCUT2D eigenvalue weighted by molar-refractivity contribution is 6.20. The fourth-order valence-corrected chi connectivity index (χ4v) is 2.73. The van der Waals surface area contributed by atoms with Gasteiger partial charge >= 0.3 is 0 Å². The minimum absolute atomic E-state index is 0.0318. The summed E-state index contributed by atoms with van der Waals surface area (Å²) in [5.74, 6) is 0. The van der Waals surface area contributed by atoms with Crippen LogP contribution in [0.5, 0.6) is 0 Å². The number of hydrogen-bond donors (Lipinski definition) is 0. The number of rotatable bonds is 5. The van der Waals surface area contributed by atoms with Crippen molar-refractivity contribution in [2.75, 3.05) is 0 Å². The summed E-state index contributed by atoms with van der Waals surface area (Å²) in [6.07, 6.45) is 0.854. The molecule has 1 unspecified atom stereocenters. The SMILES string of the molecule is CCC(Cl)c1c(C)nn(Cc2ccc([N+](=O)[O-])cc2)c1C. The number of alkyl halides is 1. The lowest BCUT2D eigenvalue weighted by molar-refractivity contribution is -0.384. The summed E-state index contributed by atoms with van der Waals surface area (Å²) < 4.78 is 1.90. The summed E-state index contributed by atoms with van der Waals surface area (Å²) >= 11 is 6.34. The number of nitro groups is 1. The average Bonchev–Trinajstić information content (AvgIpc) is 2.73. The third-order valence-electron chi connectivity index (χ3n) is 3.59. The van der Waals surface area contributed by atoms with Gasteiger partial charge < -0.3 is 0 Å². The molecule has 1 atom stereocenters. The molecule has 112 valence electrons. The Morgan fingerprint density at radius 3 is 2.48 bits per heavy atom. The summed E-state index contributed by atoms with van der Waals surface area (Å²) in [6.45, 7) is 6.59. The first-order valence-electron chi connectivity index (χ1n) is 6.85. The highest BCUT2D eigenvalue weighted by atomic mass is 35.5. The Morgan fingerprint density at radius 2 is 1.95 bits per heavy atom. The van der Waals surface area contributed by atoms with Crippen LogP contribution in [-0.2, 0) is 6.54 Å². The Kier molecular flexibility index (Phi) is 4.63. The summed E-state index contributed by atoms with van der Waals surface area (Å²) in [4.78, 5) is 10.3. The molecule has 0 spiro atoms. The molecule has 1 aromatic carbocycles. The van der Waals surface area contributed by atoms with Crippen LogP contribution in [0.4, 0.5) is 5.69 Å². The lowest BCUT2D eigenvalue weighted by Crippen LogP contribution is -2.04. The van der Waals surface area contributed by atoms with Crippen molar-refractivity contribution in [1.82, 2.24) is 9.78 Å². The van der Waals surface area contributed by atoms with E-state index in [1.165, 1.54) is 12.1 Å². The zero-order chi connectivity index (χ0) is 15.6. The molecule has 5 nitrogen and oxygen atoms in total. The van der Waals surface area contributed by atoms with E-state index in [-0.39, 0.29) is 11.1 Å². The zero-order valence-corrected chi connectivity index (χ0v) is 13.1. The second-order valence-electron chi connectivity index (χ2n) is 5.04. The predicted molar refractivity (Wildman–Crippen MR) is 82.8 cm³/mol. The second-order valence-corrected chi connectivity index (χ2v) is 5.57. The summed E-state index contributed by atoms with van der Waals surface area (Å²) in [5.41, 5.74) is 4.14.